The molecular formula is C71H135NO10. The molecule has 0 radical (unpaired) electrons. The topological polar surface area (TPSA) is 175 Å². The maximum atomic E-state index is 13.4. The zero-order chi connectivity index (χ0) is 59.6. The van der Waals surface area contributed by atoms with E-state index in [0.717, 1.165) is 57.8 Å². The van der Waals surface area contributed by atoms with Crippen molar-refractivity contribution < 1.29 is 49.3 Å². The number of unbranched alkanes of at least 4 members (excludes halogenated alkanes) is 46. The number of esters is 1. The van der Waals surface area contributed by atoms with Crippen LogP contribution in [0.5, 0.6) is 0 Å². The number of hydrogen-bond acceptors (Lipinski definition) is 10. The van der Waals surface area contributed by atoms with E-state index in [1.807, 2.05) is 6.08 Å². The zero-order valence-electron chi connectivity index (χ0n) is 53.9. The number of carbonyl (C=O) groups excluding carboxylic acids is 2. The van der Waals surface area contributed by atoms with Gasteiger partial charge in [-0.1, -0.05) is 321 Å². The van der Waals surface area contributed by atoms with Crippen LogP contribution in [0, 0.1) is 0 Å². The number of nitrogens with one attached hydrogen (secondary N) is 1. The number of aliphatic hydroxyl groups excluding tert-OH is 5. The first-order chi connectivity index (χ1) is 40.2. The molecule has 1 fully saturated rings. The number of hydrogen-bond donors (Lipinski definition) is 6. The predicted molar refractivity (Wildman–Crippen MR) is 343 cm³/mol. The van der Waals surface area contributed by atoms with Crippen molar-refractivity contribution in [2.75, 3.05) is 13.2 Å². The number of carbonyl (C=O) groups is 2. The van der Waals surface area contributed by atoms with Crippen LogP contribution in [0.25, 0.3) is 0 Å². The molecule has 1 saturated heterocycles. The van der Waals surface area contributed by atoms with Gasteiger partial charge in [-0.25, -0.2) is 0 Å². The molecular weight excluding hydrogens is 1030 g/mol. The van der Waals surface area contributed by atoms with Gasteiger partial charge in [0, 0.05) is 6.42 Å². The fourth-order valence-electron chi connectivity index (χ4n) is 11.5. The number of allylic oxidation sites excluding steroid dienone is 3. The molecule has 0 aromatic carbocycles. The molecule has 0 spiro atoms. The summed E-state index contributed by atoms with van der Waals surface area (Å²) < 4.78 is 17.7. The lowest BCUT2D eigenvalue weighted by Crippen LogP contribution is -2.61. The Kier molecular flexibility index (Phi) is 56.7. The number of ether oxygens (including phenoxy) is 3. The van der Waals surface area contributed by atoms with E-state index in [1.165, 1.54) is 250 Å². The lowest BCUT2D eigenvalue weighted by atomic mass is 9.99. The summed E-state index contributed by atoms with van der Waals surface area (Å²) in [4.78, 5) is 26.6. The maximum absolute atomic E-state index is 13.4. The average molecular weight is 1160 g/mol. The lowest BCUT2D eigenvalue weighted by Gasteiger charge is -2.41. The van der Waals surface area contributed by atoms with Gasteiger partial charge in [-0.15, -0.1) is 0 Å². The summed E-state index contributed by atoms with van der Waals surface area (Å²) >= 11 is 0. The van der Waals surface area contributed by atoms with E-state index in [9.17, 15) is 35.1 Å². The summed E-state index contributed by atoms with van der Waals surface area (Å²) in [5.41, 5.74) is 0. The molecule has 0 bridgehead atoms. The van der Waals surface area contributed by atoms with Gasteiger partial charge in [-0.05, 0) is 51.4 Å². The molecule has 0 aromatic rings. The molecule has 1 aliphatic rings. The summed E-state index contributed by atoms with van der Waals surface area (Å²) in [6, 6.07) is -1.02. The number of rotatable bonds is 62. The Morgan fingerprint density at radius 1 is 0.463 bits per heavy atom. The lowest BCUT2D eigenvalue weighted by molar-refractivity contribution is -0.305. The summed E-state index contributed by atoms with van der Waals surface area (Å²) in [5.74, 6) is -1.17. The highest BCUT2D eigenvalue weighted by molar-refractivity contribution is 5.80. The van der Waals surface area contributed by atoms with Crippen molar-refractivity contribution in [2.24, 2.45) is 0 Å². The van der Waals surface area contributed by atoms with Crippen LogP contribution in [0.3, 0.4) is 0 Å². The second-order valence-corrected chi connectivity index (χ2v) is 25.0. The van der Waals surface area contributed by atoms with Crippen molar-refractivity contribution >= 4 is 11.9 Å². The molecule has 82 heavy (non-hydrogen) atoms. The SMILES string of the molecule is CCCCCCCC/C=C/CCCCCCCCCCCCCCCCCCCC(=O)OC1C(OCC(NC(=O)C(O)CCCCCCCCCCCCCCCC)C(O)/C=C/CCCCCCCCCCCC)OC(CO)C(O)C1O. The van der Waals surface area contributed by atoms with Gasteiger partial charge >= 0.3 is 5.97 Å². The number of amides is 1. The van der Waals surface area contributed by atoms with Crippen LogP contribution in [0.1, 0.15) is 355 Å². The molecule has 1 rings (SSSR count). The normalized spacial score (nSPS) is 18.7. The fourth-order valence-corrected chi connectivity index (χ4v) is 11.5. The molecule has 1 heterocycles. The summed E-state index contributed by atoms with van der Waals surface area (Å²) in [6.07, 6.45) is 60.9. The van der Waals surface area contributed by atoms with E-state index in [4.69, 9.17) is 14.2 Å². The monoisotopic (exact) mass is 1160 g/mol. The van der Waals surface area contributed by atoms with Crippen LogP contribution in [0.15, 0.2) is 24.3 Å². The minimum Gasteiger partial charge on any atom is -0.454 e. The van der Waals surface area contributed by atoms with E-state index >= 15 is 0 Å². The van der Waals surface area contributed by atoms with Crippen molar-refractivity contribution in [2.45, 2.75) is 404 Å². The van der Waals surface area contributed by atoms with Crippen molar-refractivity contribution in [3.05, 3.63) is 24.3 Å². The molecule has 1 amide bonds. The first kappa shape index (κ1) is 78.2. The Morgan fingerprint density at radius 3 is 1.18 bits per heavy atom. The summed E-state index contributed by atoms with van der Waals surface area (Å²) in [6.45, 7) is 5.83. The van der Waals surface area contributed by atoms with Crippen LogP contribution in [0.4, 0.5) is 0 Å². The summed E-state index contributed by atoms with van der Waals surface area (Å²) in [5, 5.41) is 57.1. The van der Waals surface area contributed by atoms with Crippen LogP contribution in [0.2, 0.25) is 0 Å². The Morgan fingerprint density at radius 2 is 0.805 bits per heavy atom. The van der Waals surface area contributed by atoms with Gasteiger partial charge in [0.1, 0.15) is 24.4 Å². The molecule has 0 saturated carbocycles. The highest BCUT2D eigenvalue weighted by atomic mass is 16.7. The largest absolute Gasteiger partial charge is 0.454 e. The van der Waals surface area contributed by atoms with Crippen molar-refractivity contribution in [1.29, 1.82) is 0 Å². The third kappa shape index (κ3) is 46.4. The molecule has 8 atom stereocenters. The van der Waals surface area contributed by atoms with Gasteiger partial charge < -0.3 is 45.1 Å². The maximum Gasteiger partial charge on any atom is 0.306 e. The average Bonchev–Trinajstić information content (AvgIpc) is 3.48. The van der Waals surface area contributed by atoms with E-state index in [2.05, 4.69) is 38.2 Å². The third-order valence-corrected chi connectivity index (χ3v) is 17.1. The quantitative estimate of drug-likeness (QED) is 0.0195. The molecule has 6 N–H and O–H groups in total. The highest BCUT2D eigenvalue weighted by Crippen LogP contribution is 2.26. The van der Waals surface area contributed by atoms with E-state index in [1.54, 1.807) is 6.08 Å². The Hall–Kier alpha value is -1.86. The second kappa shape index (κ2) is 59.5. The van der Waals surface area contributed by atoms with Crippen LogP contribution in [-0.4, -0.2) is 99.6 Å². The third-order valence-electron chi connectivity index (χ3n) is 17.1. The van der Waals surface area contributed by atoms with E-state index in [0.29, 0.717) is 19.3 Å². The molecule has 11 heteroatoms. The first-order valence-electron chi connectivity index (χ1n) is 35.6. The number of aliphatic hydroxyl groups is 5. The van der Waals surface area contributed by atoms with Crippen molar-refractivity contribution in [3.8, 4) is 0 Å². The molecule has 8 unspecified atom stereocenters. The van der Waals surface area contributed by atoms with Crippen LogP contribution in [-0.2, 0) is 23.8 Å². The Bertz CT molecular complexity index is 1430. The zero-order valence-corrected chi connectivity index (χ0v) is 53.9. The highest BCUT2D eigenvalue weighted by Gasteiger charge is 2.47. The standard InChI is InChI=1S/C71H135NO10/c1-4-7-10-13-16-19-22-25-27-28-29-30-31-32-33-34-35-36-37-38-39-41-44-47-50-53-56-59-66(76)82-69-68(78)67(77)65(60-73)81-71(69)80-61-62(63(74)57-54-51-48-45-42-24-21-18-15-12-9-6-3)72-70(79)64(75)58-55-52-49-46-43-40-26-23-20-17-14-11-8-5-2/h25,27,54,57,62-65,67-69,71,73-75,77-78H,4-24,26,28-53,55-56,58-61H2,1-3H3,(H,72,79)/b27-25+,57-54+. The van der Waals surface area contributed by atoms with E-state index < -0.39 is 67.4 Å². The van der Waals surface area contributed by atoms with Crippen molar-refractivity contribution in [3.63, 3.8) is 0 Å². The van der Waals surface area contributed by atoms with Gasteiger partial charge in [-0.3, -0.25) is 9.59 Å². The molecule has 484 valence electrons. The second-order valence-electron chi connectivity index (χ2n) is 25.0. The summed E-state index contributed by atoms with van der Waals surface area (Å²) in [7, 11) is 0. The van der Waals surface area contributed by atoms with Crippen molar-refractivity contribution in [1.82, 2.24) is 5.32 Å². The minimum absolute atomic E-state index is 0.130. The Balaban J connectivity index is 2.51. The Labute approximate surface area is 505 Å². The minimum atomic E-state index is -1.61. The molecule has 1 aliphatic heterocycles. The van der Waals surface area contributed by atoms with Gasteiger partial charge in [0.15, 0.2) is 12.4 Å². The molecule has 0 aromatic heterocycles. The van der Waals surface area contributed by atoms with Crippen LogP contribution >= 0.6 is 0 Å². The van der Waals surface area contributed by atoms with Gasteiger partial charge in [0.2, 0.25) is 5.91 Å². The van der Waals surface area contributed by atoms with Crippen LogP contribution < -0.4 is 5.32 Å². The molecule has 0 aliphatic carbocycles. The molecule has 11 nitrogen and oxygen atoms in total. The van der Waals surface area contributed by atoms with Gasteiger partial charge in [0.25, 0.3) is 0 Å². The van der Waals surface area contributed by atoms with Gasteiger partial charge in [-0.2, -0.15) is 0 Å². The smallest absolute Gasteiger partial charge is 0.306 e. The first-order valence-corrected chi connectivity index (χ1v) is 35.6. The van der Waals surface area contributed by atoms with Gasteiger partial charge in [0.05, 0.1) is 25.4 Å². The fraction of sp³-hybridized carbons (Fsp3) is 0.915. The predicted octanol–water partition coefficient (Wildman–Crippen LogP) is 18.0. The van der Waals surface area contributed by atoms with E-state index in [-0.39, 0.29) is 13.0 Å².